The van der Waals surface area contributed by atoms with Crippen molar-refractivity contribution in [3.63, 3.8) is 0 Å². The molecule has 0 bridgehead atoms. The molecular weight excluding hydrogens is 250 g/mol. The van der Waals surface area contributed by atoms with Crippen LogP contribution in [-0.4, -0.2) is 9.97 Å². The van der Waals surface area contributed by atoms with Gasteiger partial charge >= 0.3 is 0 Å². The smallest absolute Gasteiger partial charge is 0.227 e. The highest BCUT2D eigenvalue weighted by Gasteiger charge is 2.09. The van der Waals surface area contributed by atoms with Crippen LogP contribution in [0.2, 0.25) is 0 Å². The Balaban J connectivity index is 1.91. The van der Waals surface area contributed by atoms with E-state index in [1.165, 1.54) is 0 Å². The van der Waals surface area contributed by atoms with E-state index in [1.54, 1.807) is 6.20 Å². The molecule has 0 amide bonds. The average Bonchev–Trinajstić information content (AvgIpc) is 2.89. The van der Waals surface area contributed by atoms with E-state index in [-0.39, 0.29) is 0 Å². The normalized spacial score (nSPS) is 11.2. The summed E-state index contributed by atoms with van der Waals surface area (Å²) in [5, 5.41) is 1.06. The van der Waals surface area contributed by atoms with Crippen LogP contribution < -0.4 is 5.73 Å². The van der Waals surface area contributed by atoms with Crippen LogP contribution in [0.4, 0.5) is 5.69 Å². The van der Waals surface area contributed by atoms with Gasteiger partial charge in [-0.1, -0.05) is 6.07 Å². The second-order valence-corrected chi connectivity index (χ2v) is 4.66. The van der Waals surface area contributed by atoms with Crippen LogP contribution in [0.5, 0.6) is 0 Å². The second kappa shape index (κ2) is 4.06. The third-order valence-corrected chi connectivity index (χ3v) is 3.26. The highest BCUT2D eigenvalue weighted by molar-refractivity contribution is 5.85. The summed E-state index contributed by atoms with van der Waals surface area (Å²) >= 11 is 0. The van der Waals surface area contributed by atoms with Crippen molar-refractivity contribution in [3.05, 3.63) is 54.7 Å². The molecule has 0 atom stereocenters. The lowest BCUT2D eigenvalue weighted by atomic mass is 10.1. The summed E-state index contributed by atoms with van der Waals surface area (Å²) in [5.41, 5.74) is 9.83. The van der Waals surface area contributed by atoms with Gasteiger partial charge in [0.25, 0.3) is 0 Å². The fourth-order valence-electron chi connectivity index (χ4n) is 2.28. The van der Waals surface area contributed by atoms with Gasteiger partial charge in [0.2, 0.25) is 5.89 Å². The molecule has 0 saturated heterocycles. The van der Waals surface area contributed by atoms with Gasteiger partial charge in [0.05, 0.1) is 5.52 Å². The molecule has 2 aromatic heterocycles. The molecule has 4 rings (SSSR count). The van der Waals surface area contributed by atoms with E-state index in [4.69, 9.17) is 10.2 Å². The molecule has 96 valence electrons. The lowest BCUT2D eigenvalue weighted by molar-refractivity contribution is 0.620. The van der Waals surface area contributed by atoms with E-state index in [2.05, 4.69) is 9.97 Å². The third kappa shape index (κ3) is 1.70. The van der Waals surface area contributed by atoms with Gasteiger partial charge in [-0.2, -0.15) is 0 Å². The molecule has 4 nitrogen and oxygen atoms in total. The van der Waals surface area contributed by atoms with Gasteiger partial charge in [0.15, 0.2) is 5.58 Å². The molecule has 2 heterocycles. The van der Waals surface area contributed by atoms with Crippen LogP contribution in [0.15, 0.2) is 59.1 Å². The fraction of sp³-hybridized carbons (Fsp3) is 0. The van der Waals surface area contributed by atoms with E-state index >= 15 is 0 Å². The van der Waals surface area contributed by atoms with E-state index < -0.39 is 0 Å². The quantitative estimate of drug-likeness (QED) is 0.531. The monoisotopic (exact) mass is 261 g/mol. The maximum absolute atomic E-state index is 5.77. The van der Waals surface area contributed by atoms with Gasteiger partial charge in [-0.3, -0.25) is 4.98 Å². The zero-order valence-electron chi connectivity index (χ0n) is 10.6. The molecule has 0 unspecified atom stereocenters. The standard InChI is InChI=1S/C16H11N3O/c17-12-4-6-15-14(9-12)19-16(20-15)11-3-5-13-10(8-11)2-1-7-18-13/h1-9H,17H2. The summed E-state index contributed by atoms with van der Waals surface area (Å²) in [7, 11) is 0. The number of rotatable bonds is 1. The van der Waals surface area contributed by atoms with Gasteiger partial charge in [0.1, 0.15) is 5.52 Å². The maximum Gasteiger partial charge on any atom is 0.227 e. The number of nitrogens with zero attached hydrogens (tertiary/aromatic N) is 2. The Morgan fingerprint density at radius 3 is 2.85 bits per heavy atom. The first-order valence-electron chi connectivity index (χ1n) is 6.31. The van der Waals surface area contributed by atoms with Crippen molar-refractivity contribution in [3.8, 4) is 11.5 Å². The Bertz CT molecular complexity index is 927. The minimum absolute atomic E-state index is 0.594. The number of fused-ring (bicyclic) bond motifs is 2. The number of nitrogens with two attached hydrogens (primary N) is 1. The van der Waals surface area contributed by atoms with E-state index in [0.29, 0.717) is 11.6 Å². The van der Waals surface area contributed by atoms with Crippen LogP contribution >= 0.6 is 0 Å². The van der Waals surface area contributed by atoms with Crippen LogP contribution in [0.25, 0.3) is 33.5 Å². The zero-order chi connectivity index (χ0) is 13.5. The van der Waals surface area contributed by atoms with Crippen LogP contribution in [0.3, 0.4) is 0 Å². The molecule has 0 radical (unpaired) electrons. The predicted molar refractivity (Wildman–Crippen MR) is 79.2 cm³/mol. The maximum atomic E-state index is 5.77. The molecule has 0 aliphatic rings. The Hall–Kier alpha value is -2.88. The first kappa shape index (κ1) is 11.0. The van der Waals surface area contributed by atoms with Crippen molar-refractivity contribution in [2.24, 2.45) is 0 Å². The van der Waals surface area contributed by atoms with Gasteiger partial charge in [-0.15, -0.1) is 0 Å². The molecule has 0 fully saturated rings. The van der Waals surface area contributed by atoms with Crippen LogP contribution in [-0.2, 0) is 0 Å². The SMILES string of the molecule is Nc1ccc2oc(-c3ccc4ncccc4c3)nc2c1. The number of benzene rings is 2. The molecule has 0 spiro atoms. The van der Waals surface area contributed by atoms with Crippen LogP contribution in [0.1, 0.15) is 0 Å². The lowest BCUT2D eigenvalue weighted by Gasteiger charge is -1.98. The number of oxazole rings is 1. The Morgan fingerprint density at radius 1 is 0.950 bits per heavy atom. The zero-order valence-corrected chi connectivity index (χ0v) is 10.6. The lowest BCUT2D eigenvalue weighted by Crippen LogP contribution is -1.82. The summed E-state index contributed by atoms with van der Waals surface area (Å²) < 4.78 is 5.77. The first-order valence-corrected chi connectivity index (χ1v) is 6.31. The number of aromatic nitrogens is 2. The molecule has 2 N–H and O–H groups in total. The molecular formula is C16H11N3O. The Kier molecular flexibility index (Phi) is 2.23. The summed E-state index contributed by atoms with van der Waals surface area (Å²) in [6, 6.07) is 15.3. The van der Waals surface area contributed by atoms with Crippen molar-refractivity contribution in [1.29, 1.82) is 0 Å². The van der Waals surface area contributed by atoms with Crippen molar-refractivity contribution in [2.45, 2.75) is 0 Å². The Labute approximate surface area is 114 Å². The number of anilines is 1. The highest BCUT2D eigenvalue weighted by atomic mass is 16.3. The van der Waals surface area contributed by atoms with E-state index in [1.807, 2.05) is 48.5 Å². The second-order valence-electron chi connectivity index (χ2n) is 4.66. The van der Waals surface area contributed by atoms with Gasteiger partial charge in [-0.05, 0) is 42.5 Å². The number of pyridine rings is 1. The van der Waals surface area contributed by atoms with Crippen molar-refractivity contribution >= 4 is 27.7 Å². The fourth-order valence-corrected chi connectivity index (χ4v) is 2.28. The summed E-state index contributed by atoms with van der Waals surface area (Å²) in [6.07, 6.45) is 1.78. The predicted octanol–water partition coefficient (Wildman–Crippen LogP) is 3.63. The summed E-state index contributed by atoms with van der Waals surface area (Å²) in [4.78, 5) is 8.79. The highest BCUT2D eigenvalue weighted by Crippen LogP contribution is 2.27. The van der Waals surface area contributed by atoms with Crippen molar-refractivity contribution in [1.82, 2.24) is 9.97 Å². The molecule has 0 aliphatic heterocycles. The van der Waals surface area contributed by atoms with Crippen molar-refractivity contribution < 1.29 is 4.42 Å². The molecule has 4 aromatic rings. The number of nitrogen functional groups attached to an aromatic ring is 1. The minimum Gasteiger partial charge on any atom is -0.436 e. The largest absolute Gasteiger partial charge is 0.436 e. The van der Waals surface area contributed by atoms with Gasteiger partial charge in [-0.25, -0.2) is 4.98 Å². The molecule has 20 heavy (non-hydrogen) atoms. The number of hydrogen-bond acceptors (Lipinski definition) is 4. The van der Waals surface area contributed by atoms with Gasteiger partial charge < -0.3 is 10.2 Å². The minimum atomic E-state index is 0.594. The molecule has 2 aromatic carbocycles. The third-order valence-electron chi connectivity index (χ3n) is 3.26. The molecule has 4 heteroatoms. The number of hydrogen-bond donors (Lipinski definition) is 1. The summed E-state index contributed by atoms with van der Waals surface area (Å²) in [6.45, 7) is 0. The van der Waals surface area contributed by atoms with E-state index in [9.17, 15) is 0 Å². The average molecular weight is 261 g/mol. The topological polar surface area (TPSA) is 64.9 Å². The molecule has 0 saturated carbocycles. The first-order chi connectivity index (χ1) is 9.79. The Morgan fingerprint density at radius 2 is 1.90 bits per heavy atom. The van der Waals surface area contributed by atoms with Crippen LogP contribution in [0, 0.1) is 0 Å². The van der Waals surface area contributed by atoms with E-state index in [0.717, 1.165) is 27.6 Å². The van der Waals surface area contributed by atoms with Crippen molar-refractivity contribution in [2.75, 3.05) is 5.73 Å². The summed E-state index contributed by atoms with van der Waals surface area (Å²) in [5.74, 6) is 0.594. The molecule has 0 aliphatic carbocycles. The van der Waals surface area contributed by atoms with Gasteiger partial charge in [0, 0.05) is 22.8 Å².